The van der Waals surface area contributed by atoms with Crippen LogP contribution in [0, 0.1) is 11.7 Å². The van der Waals surface area contributed by atoms with Crippen LogP contribution in [-0.2, 0) is 6.54 Å². The quantitative estimate of drug-likeness (QED) is 0.899. The van der Waals surface area contributed by atoms with Crippen LogP contribution < -0.4 is 10.2 Å². The van der Waals surface area contributed by atoms with E-state index in [0.717, 1.165) is 30.9 Å². The predicted octanol–water partition coefficient (Wildman–Crippen LogP) is 2.46. The summed E-state index contributed by atoms with van der Waals surface area (Å²) in [6, 6.07) is 6.61. The third kappa shape index (κ3) is 3.22. The molecule has 116 valence electrons. The van der Waals surface area contributed by atoms with Gasteiger partial charge in [-0.3, -0.25) is 0 Å². The van der Waals surface area contributed by atoms with Crippen LogP contribution in [0.15, 0.2) is 18.2 Å². The van der Waals surface area contributed by atoms with Gasteiger partial charge in [0.05, 0.1) is 5.69 Å². The number of likely N-dealkylation sites (N-methyl/N-ethyl adjacent to an activating group) is 1. The van der Waals surface area contributed by atoms with Crippen molar-refractivity contribution in [3.63, 3.8) is 0 Å². The molecule has 0 aromatic heterocycles. The Bertz CT molecular complexity index is 499. The van der Waals surface area contributed by atoms with Gasteiger partial charge in [-0.15, -0.1) is 0 Å². The van der Waals surface area contributed by atoms with Crippen molar-refractivity contribution in [2.24, 2.45) is 5.92 Å². The number of para-hydroxylation sites is 1. The summed E-state index contributed by atoms with van der Waals surface area (Å²) >= 11 is 0. The standard InChI is InChI=1S/C17H26FN3/c1-12-10-21(11-16(12)20(2)3)17-13(5-4-6-15(17)18)9-19-14-7-8-14/h4-6,12,14,16,19H,7-11H2,1-3H3. The molecule has 0 amide bonds. The van der Waals surface area contributed by atoms with E-state index in [0.29, 0.717) is 18.0 Å². The highest BCUT2D eigenvalue weighted by Crippen LogP contribution is 2.31. The van der Waals surface area contributed by atoms with E-state index in [4.69, 9.17) is 0 Å². The van der Waals surface area contributed by atoms with Gasteiger partial charge in [-0.2, -0.15) is 0 Å². The number of halogens is 1. The second-order valence-corrected chi connectivity index (χ2v) is 6.82. The van der Waals surface area contributed by atoms with Crippen LogP contribution >= 0.6 is 0 Å². The van der Waals surface area contributed by atoms with E-state index in [1.165, 1.54) is 12.8 Å². The molecule has 1 aliphatic carbocycles. The Kier molecular flexibility index (Phi) is 4.18. The van der Waals surface area contributed by atoms with Crippen molar-refractivity contribution in [2.45, 2.75) is 38.4 Å². The number of anilines is 1. The van der Waals surface area contributed by atoms with Crippen LogP contribution in [-0.4, -0.2) is 44.2 Å². The van der Waals surface area contributed by atoms with E-state index in [1.54, 1.807) is 6.07 Å². The Morgan fingerprint density at radius 1 is 1.29 bits per heavy atom. The van der Waals surface area contributed by atoms with Gasteiger partial charge in [0.25, 0.3) is 0 Å². The Morgan fingerprint density at radius 2 is 2.05 bits per heavy atom. The van der Waals surface area contributed by atoms with Crippen molar-refractivity contribution in [1.29, 1.82) is 0 Å². The fourth-order valence-electron chi connectivity index (χ4n) is 3.40. The Hall–Kier alpha value is -1.13. The molecule has 1 aromatic carbocycles. The number of rotatable bonds is 5. The average Bonchev–Trinajstić information content (AvgIpc) is 3.18. The van der Waals surface area contributed by atoms with Gasteiger partial charge < -0.3 is 15.1 Å². The first-order valence-electron chi connectivity index (χ1n) is 7.98. The number of hydrogen-bond donors (Lipinski definition) is 1. The van der Waals surface area contributed by atoms with Gasteiger partial charge in [0.15, 0.2) is 0 Å². The molecule has 4 heteroatoms. The summed E-state index contributed by atoms with van der Waals surface area (Å²) in [5.74, 6) is 0.473. The van der Waals surface area contributed by atoms with E-state index in [1.807, 2.05) is 6.07 Å². The molecule has 0 radical (unpaired) electrons. The van der Waals surface area contributed by atoms with Gasteiger partial charge in [0, 0.05) is 31.7 Å². The van der Waals surface area contributed by atoms with Gasteiger partial charge in [-0.25, -0.2) is 4.39 Å². The van der Waals surface area contributed by atoms with Crippen LogP contribution in [0.25, 0.3) is 0 Å². The first-order chi connectivity index (χ1) is 10.1. The molecular formula is C17H26FN3. The SMILES string of the molecule is CC1CN(c2c(F)cccc2CNC2CC2)CC1N(C)C. The van der Waals surface area contributed by atoms with Gasteiger partial charge in [0.2, 0.25) is 0 Å². The smallest absolute Gasteiger partial charge is 0.146 e. The van der Waals surface area contributed by atoms with Crippen molar-refractivity contribution >= 4 is 5.69 Å². The highest BCUT2D eigenvalue weighted by molar-refractivity contribution is 5.56. The lowest BCUT2D eigenvalue weighted by Gasteiger charge is -2.25. The molecule has 3 rings (SSSR count). The summed E-state index contributed by atoms with van der Waals surface area (Å²) in [6.45, 7) is 4.87. The fraction of sp³-hybridized carbons (Fsp3) is 0.647. The highest BCUT2D eigenvalue weighted by Gasteiger charge is 2.33. The molecular weight excluding hydrogens is 265 g/mol. The lowest BCUT2D eigenvalue weighted by atomic mass is 10.1. The number of nitrogens with zero attached hydrogens (tertiary/aromatic N) is 2. The maximum Gasteiger partial charge on any atom is 0.146 e. The average molecular weight is 291 g/mol. The van der Waals surface area contributed by atoms with E-state index >= 15 is 0 Å². The first kappa shape index (κ1) is 14.8. The highest BCUT2D eigenvalue weighted by atomic mass is 19.1. The van der Waals surface area contributed by atoms with Crippen molar-refractivity contribution in [1.82, 2.24) is 10.2 Å². The minimum absolute atomic E-state index is 0.0864. The second-order valence-electron chi connectivity index (χ2n) is 6.82. The molecule has 0 spiro atoms. The van der Waals surface area contributed by atoms with Crippen LogP contribution in [0.1, 0.15) is 25.3 Å². The summed E-state index contributed by atoms with van der Waals surface area (Å²) < 4.78 is 14.4. The molecule has 1 N–H and O–H groups in total. The third-order valence-electron chi connectivity index (χ3n) is 4.78. The summed E-state index contributed by atoms with van der Waals surface area (Å²) in [6.07, 6.45) is 2.52. The summed E-state index contributed by atoms with van der Waals surface area (Å²) in [4.78, 5) is 4.49. The van der Waals surface area contributed by atoms with Crippen molar-refractivity contribution in [3.8, 4) is 0 Å². The molecule has 1 aliphatic heterocycles. The molecule has 1 aromatic rings. The fourth-order valence-corrected chi connectivity index (χ4v) is 3.40. The zero-order valence-corrected chi connectivity index (χ0v) is 13.3. The maximum atomic E-state index is 14.4. The number of benzene rings is 1. The van der Waals surface area contributed by atoms with E-state index in [9.17, 15) is 4.39 Å². The van der Waals surface area contributed by atoms with E-state index in [2.05, 4.69) is 42.2 Å². The molecule has 1 saturated heterocycles. The minimum atomic E-state index is -0.0864. The summed E-state index contributed by atoms with van der Waals surface area (Å²) in [7, 11) is 4.23. The maximum absolute atomic E-state index is 14.4. The summed E-state index contributed by atoms with van der Waals surface area (Å²) in [5.41, 5.74) is 1.90. The van der Waals surface area contributed by atoms with Gasteiger partial charge in [-0.1, -0.05) is 19.1 Å². The first-order valence-corrected chi connectivity index (χ1v) is 7.98. The molecule has 2 unspecified atom stereocenters. The summed E-state index contributed by atoms with van der Waals surface area (Å²) in [5, 5.41) is 3.51. The van der Waals surface area contributed by atoms with Crippen LogP contribution in [0.2, 0.25) is 0 Å². The zero-order chi connectivity index (χ0) is 15.0. The number of nitrogens with one attached hydrogen (secondary N) is 1. The molecule has 0 bridgehead atoms. The molecule has 21 heavy (non-hydrogen) atoms. The van der Waals surface area contributed by atoms with Gasteiger partial charge in [0.1, 0.15) is 5.82 Å². The van der Waals surface area contributed by atoms with Crippen LogP contribution in [0.5, 0.6) is 0 Å². The normalized spacial score (nSPS) is 25.9. The largest absolute Gasteiger partial charge is 0.367 e. The van der Waals surface area contributed by atoms with Crippen LogP contribution in [0.4, 0.5) is 10.1 Å². The van der Waals surface area contributed by atoms with Gasteiger partial charge in [-0.05, 0) is 44.5 Å². The molecule has 2 fully saturated rings. The van der Waals surface area contributed by atoms with Crippen LogP contribution in [0.3, 0.4) is 0 Å². The lowest BCUT2D eigenvalue weighted by Crippen LogP contribution is -2.34. The zero-order valence-electron chi connectivity index (χ0n) is 13.3. The molecule has 1 heterocycles. The van der Waals surface area contributed by atoms with Gasteiger partial charge >= 0.3 is 0 Å². The minimum Gasteiger partial charge on any atom is -0.367 e. The molecule has 3 nitrogen and oxygen atoms in total. The predicted molar refractivity (Wildman–Crippen MR) is 85.1 cm³/mol. The van der Waals surface area contributed by atoms with Crippen molar-refractivity contribution in [2.75, 3.05) is 32.1 Å². The van der Waals surface area contributed by atoms with Crippen molar-refractivity contribution in [3.05, 3.63) is 29.6 Å². The Labute approximate surface area is 127 Å². The van der Waals surface area contributed by atoms with E-state index in [-0.39, 0.29) is 5.82 Å². The molecule has 1 saturated carbocycles. The van der Waals surface area contributed by atoms with Crippen molar-refractivity contribution < 1.29 is 4.39 Å². The third-order valence-corrected chi connectivity index (χ3v) is 4.78. The number of hydrogen-bond acceptors (Lipinski definition) is 3. The second kappa shape index (κ2) is 5.93. The topological polar surface area (TPSA) is 18.5 Å². The molecule has 2 aliphatic rings. The lowest BCUT2D eigenvalue weighted by molar-refractivity contribution is 0.266. The Balaban J connectivity index is 1.80. The molecule has 2 atom stereocenters. The van der Waals surface area contributed by atoms with E-state index < -0.39 is 0 Å². The monoisotopic (exact) mass is 291 g/mol. The Morgan fingerprint density at radius 3 is 2.67 bits per heavy atom.